The number of hydrogen-bond acceptors (Lipinski definition) is 1. The SMILES string of the molecule is C=CCCCC(NCCC)C1CCCCC1(C)C. The van der Waals surface area contributed by atoms with E-state index in [0.29, 0.717) is 5.41 Å². The van der Waals surface area contributed by atoms with Gasteiger partial charge in [-0.05, 0) is 56.4 Å². The molecule has 1 fully saturated rings. The molecular weight excluding hydrogens is 218 g/mol. The van der Waals surface area contributed by atoms with E-state index in [1.807, 2.05) is 0 Å². The van der Waals surface area contributed by atoms with Crippen LogP contribution in [0.5, 0.6) is 0 Å². The van der Waals surface area contributed by atoms with Crippen molar-refractivity contribution in [2.24, 2.45) is 11.3 Å². The molecule has 0 aromatic carbocycles. The Morgan fingerprint density at radius 3 is 2.78 bits per heavy atom. The van der Waals surface area contributed by atoms with Crippen molar-refractivity contribution in [3.8, 4) is 0 Å². The summed E-state index contributed by atoms with van der Waals surface area (Å²) in [4.78, 5) is 0. The van der Waals surface area contributed by atoms with Crippen LogP contribution in [0, 0.1) is 11.3 Å². The molecule has 2 unspecified atom stereocenters. The molecule has 1 N–H and O–H groups in total. The van der Waals surface area contributed by atoms with E-state index in [1.165, 1.54) is 51.5 Å². The zero-order chi connectivity index (χ0) is 13.4. The lowest BCUT2D eigenvalue weighted by Crippen LogP contribution is -2.45. The second kappa shape index (κ2) is 7.99. The zero-order valence-corrected chi connectivity index (χ0v) is 12.8. The van der Waals surface area contributed by atoms with Crippen LogP contribution >= 0.6 is 0 Å². The van der Waals surface area contributed by atoms with E-state index < -0.39 is 0 Å². The van der Waals surface area contributed by atoms with Crippen LogP contribution in [-0.4, -0.2) is 12.6 Å². The van der Waals surface area contributed by atoms with Gasteiger partial charge in [-0.2, -0.15) is 0 Å². The minimum absolute atomic E-state index is 0.526. The molecule has 1 saturated carbocycles. The van der Waals surface area contributed by atoms with Gasteiger partial charge in [0.05, 0.1) is 0 Å². The second-order valence-corrected chi connectivity index (χ2v) is 6.62. The van der Waals surface area contributed by atoms with Crippen LogP contribution in [0.25, 0.3) is 0 Å². The fraction of sp³-hybridized carbons (Fsp3) is 0.882. The average Bonchev–Trinajstić information content (AvgIpc) is 2.34. The highest BCUT2D eigenvalue weighted by molar-refractivity contribution is 4.90. The van der Waals surface area contributed by atoms with Gasteiger partial charge in [0, 0.05) is 6.04 Å². The van der Waals surface area contributed by atoms with Crippen molar-refractivity contribution in [3.63, 3.8) is 0 Å². The predicted octanol–water partition coefficient (Wildman–Crippen LogP) is 4.93. The summed E-state index contributed by atoms with van der Waals surface area (Å²) in [6.07, 6.45) is 12.8. The molecule has 0 bridgehead atoms. The van der Waals surface area contributed by atoms with E-state index in [9.17, 15) is 0 Å². The van der Waals surface area contributed by atoms with Crippen LogP contribution in [0.2, 0.25) is 0 Å². The minimum atomic E-state index is 0.526. The Hall–Kier alpha value is -0.300. The normalized spacial score (nSPS) is 24.7. The summed E-state index contributed by atoms with van der Waals surface area (Å²) in [5.41, 5.74) is 0.526. The van der Waals surface area contributed by atoms with Crippen LogP contribution in [0.15, 0.2) is 12.7 Å². The lowest BCUT2D eigenvalue weighted by molar-refractivity contribution is 0.0939. The second-order valence-electron chi connectivity index (χ2n) is 6.62. The third kappa shape index (κ3) is 4.76. The molecule has 1 aliphatic rings. The van der Waals surface area contributed by atoms with Gasteiger partial charge in [-0.3, -0.25) is 0 Å². The minimum Gasteiger partial charge on any atom is -0.314 e. The zero-order valence-electron chi connectivity index (χ0n) is 12.8. The Bertz CT molecular complexity index is 232. The Kier molecular flexibility index (Phi) is 6.99. The van der Waals surface area contributed by atoms with Crippen LogP contribution in [0.4, 0.5) is 0 Å². The third-order valence-corrected chi connectivity index (χ3v) is 4.66. The summed E-state index contributed by atoms with van der Waals surface area (Å²) < 4.78 is 0. The van der Waals surface area contributed by atoms with Crippen LogP contribution in [0.3, 0.4) is 0 Å². The summed E-state index contributed by atoms with van der Waals surface area (Å²) in [5, 5.41) is 3.82. The van der Waals surface area contributed by atoms with Crippen molar-refractivity contribution in [2.45, 2.75) is 78.2 Å². The standard InChI is InChI=1S/C17H33N/c1-5-7-8-12-16(18-14-6-2)15-11-9-10-13-17(15,3)4/h5,15-16,18H,1,6-14H2,2-4H3. The van der Waals surface area contributed by atoms with Gasteiger partial charge in [0.2, 0.25) is 0 Å². The fourth-order valence-corrected chi connectivity index (χ4v) is 3.52. The molecule has 0 aromatic rings. The number of allylic oxidation sites excluding steroid dienone is 1. The average molecular weight is 251 g/mol. The van der Waals surface area contributed by atoms with E-state index in [1.54, 1.807) is 0 Å². The first kappa shape index (κ1) is 15.8. The van der Waals surface area contributed by atoms with Gasteiger partial charge in [0.15, 0.2) is 0 Å². The fourth-order valence-electron chi connectivity index (χ4n) is 3.52. The molecule has 0 aromatic heterocycles. The van der Waals surface area contributed by atoms with E-state index in [4.69, 9.17) is 0 Å². The molecule has 106 valence electrons. The van der Waals surface area contributed by atoms with Gasteiger partial charge in [-0.15, -0.1) is 6.58 Å². The summed E-state index contributed by atoms with van der Waals surface area (Å²) >= 11 is 0. The molecule has 1 nitrogen and oxygen atoms in total. The molecule has 0 heterocycles. The van der Waals surface area contributed by atoms with Crippen molar-refractivity contribution in [3.05, 3.63) is 12.7 Å². The smallest absolute Gasteiger partial charge is 0.0100 e. The van der Waals surface area contributed by atoms with Gasteiger partial charge in [-0.1, -0.05) is 39.7 Å². The van der Waals surface area contributed by atoms with E-state index in [-0.39, 0.29) is 0 Å². The predicted molar refractivity (Wildman–Crippen MR) is 81.9 cm³/mol. The monoisotopic (exact) mass is 251 g/mol. The third-order valence-electron chi connectivity index (χ3n) is 4.66. The Morgan fingerprint density at radius 1 is 1.39 bits per heavy atom. The summed E-state index contributed by atoms with van der Waals surface area (Å²) in [5.74, 6) is 0.864. The molecule has 1 rings (SSSR count). The largest absolute Gasteiger partial charge is 0.314 e. The summed E-state index contributed by atoms with van der Waals surface area (Å²) in [6, 6.07) is 0.722. The topological polar surface area (TPSA) is 12.0 Å². The molecule has 0 radical (unpaired) electrons. The number of nitrogens with one attached hydrogen (secondary N) is 1. The van der Waals surface area contributed by atoms with Crippen LogP contribution < -0.4 is 5.32 Å². The van der Waals surface area contributed by atoms with Crippen LogP contribution in [-0.2, 0) is 0 Å². The quantitative estimate of drug-likeness (QED) is 0.476. The molecule has 18 heavy (non-hydrogen) atoms. The number of hydrogen-bond donors (Lipinski definition) is 1. The van der Waals surface area contributed by atoms with Gasteiger partial charge in [0.1, 0.15) is 0 Å². The molecule has 0 aliphatic heterocycles. The van der Waals surface area contributed by atoms with Gasteiger partial charge in [-0.25, -0.2) is 0 Å². The molecular formula is C17H33N. The molecule has 0 amide bonds. The van der Waals surface area contributed by atoms with Gasteiger partial charge < -0.3 is 5.32 Å². The maximum Gasteiger partial charge on any atom is 0.0100 e. The van der Waals surface area contributed by atoms with Crippen LogP contribution in [0.1, 0.15) is 72.1 Å². The molecule has 0 spiro atoms. The van der Waals surface area contributed by atoms with Crippen molar-refractivity contribution in [1.82, 2.24) is 5.32 Å². The highest BCUT2D eigenvalue weighted by atomic mass is 14.9. The number of rotatable bonds is 8. The molecule has 1 aliphatic carbocycles. The van der Waals surface area contributed by atoms with Gasteiger partial charge in [0.25, 0.3) is 0 Å². The maximum absolute atomic E-state index is 3.84. The summed E-state index contributed by atoms with van der Waals surface area (Å²) in [7, 11) is 0. The molecule has 2 atom stereocenters. The Morgan fingerprint density at radius 2 is 2.17 bits per heavy atom. The highest BCUT2D eigenvalue weighted by Crippen LogP contribution is 2.43. The van der Waals surface area contributed by atoms with Crippen molar-refractivity contribution < 1.29 is 0 Å². The molecule has 1 heteroatoms. The first-order valence-corrected chi connectivity index (χ1v) is 7.96. The van der Waals surface area contributed by atoms with Crippen molar-refractivity contribution in [2.75, 3.05) is 6.54 Å². The Balaban J connectivity index is 2.57. The highest BCUT2D eigenvalue weighted by Gasteiger charge is 2.36. The van der Waals surface area contributed by atoms with Crippen molar-refractivity contribution in [1.29, 1.82) is 0 Å². The van der Waals surface area contributed by atoms with Gasteiger partial charge >= 0.3 is 0 Å². The summed E-state index contributed by atoms with van der Waals surface area (Å²) in [6.45, 7) is 12.2. The molecule has 0 saturated heterocycles. The lowest BCUT2D eigenvalue weighted by Gasteiger charge is -2.43. The van der Waals surface area contributed by atoms with E-state index in [0.717, 1.165) is 18.4 Å². The maximum atomic E-state index is 3.84. The van der Waals surface area contributed by atoms with E-state index >= 15 is 0 Å². The first-order chi connectivity index (χ1) is 8.61. The first-order valence-electron chi connectivity index (χ1n) is 7.96. The lowest BCUT2D eigenvalue weighted by atomic mass is 9.65. The number of unbranched alkanes of at least 4 members (excludes halogenated alkanes) is 1. The van der Waals surface area contributed by atoms with Crippen molar-refractivity contribution >= 4 is 0 Å². The Labute approximate surface area is 114 Å². The van der Waals surface area contributed by atoms with E-state index in [2.05, 4.69) is 38.7 Å².